The molecule has 0 fully saturated rings. The highest BCUT2D eigenvalue weighted by atomic mass is 19.4. The summed E-state index contributed by atoms with van der Waals surface area (Å²) in [7, 11) is 0. The molecular weight excluding hydrogens is 262 g/mol. The fourth-order valence-corrected chi connectivity index (χ4v) is 1.96. The van der Waals surface area contributed by atoms with E-state index in [2.05, 4.69) is 0 Å². The lowest BCUT2D eigenvalue weighted by molar-refractivity contribution is -0.119. The molecular formula is C13H17F4NO. The van der Waals surface area contributed by atoms with Crippen molar-refractivity contribution in [3.8, 4) is 0 Å². The predicted octanol–water partition coefficient (Wildman–Crippen LogP) is 3.66. The van der Waals surface area contributed by atoms with Gasteiger partial charge in [-0.1, -0.05) is 19.1 Å². The number of hydrogen-bond donors (Lipinski definition) is 1. The Hall–Kier alpha value is -1.30. The van der Waals surface area contributed by atoms with E-state index < -0.39 is 24.6 Å². The maximum Gasteiger partial charge on any atom is 0.405 e. The zero-order chi connectivity index (χ0) is 14.6. The molecule has 2 nitrogen and oxygen atoms in total. The fourth-order valence-electron chi connectivity index (χ4n) is 1.96. The quantitative estimate of drug-likeness (QED) is 0.831. The Labute approximate surface area is 109 Å². The second-order valence-corrected chi connectivity index (χ2v) is 4.39. The van der Waals surface area contributed by atoms with Gasteiger partial charge in [0.1, 0.15) is 12.4 Å². The molecule has 1 aromatic rings. The first kappa shape index (κ1) is 15.8. The van der Waals surface area contributed by atoms with E-state index in [-0.39, 0.29) is 17.8 Å². The Morgan fingerprint density at radius 1 is 1.32 bits per heavy atom. The van der Waals surface area contributed by atoms with Crippen molar-refractivity contribution in [1.82, 2.24) is 0 Å². The van der Waals surface area contributed by atoms with E-state index in [0.29, 0.717) is 6.42 Å². The summed E-state index contributed by atoms with van der Waals surface area (Å²) in [6.45, 7) is 1.95. The molecule has 6 heteroatoms. The van der Waals surface area contributed by atoms with Crippen molar-refractivity contribution in [2.75, 3.05) is 18.0 Å². The predicted molar refractivity (Wildman–Crippen MR) is 65.6 cm³/mol. The van der Waals surface area contributed by atoms with Gasteiger partial charge in [-0.15, -0.1) is 0 Å². The van der Waals surface area contributed by atoms with Gasteiger partial charge < -0.3 is 10.0 Å². The molecule has 0 saturated carbocycles. The summed E-state index contributed by atoms with van der Waals surface area (Å²) in [5.74, 6) is -0.754. The van der Waals surface area contributed by atoms with Gasteiger partial charge in [-0.25, -0.2) is 4.39 Å². The van der Waals surface area contributed by atoms with E-state index in [4.69, 9.17) is 0 Å². The van der Waals surface area contributed by atoms with E-state index in [1.165, 1.54) is 19.1 Å². The number of anilines is 1. The Morgan fingerprint density at radius 3 is 2.42 bits per heavy atom. The standard InChI is InChI=1S/C13H17F4NO/c1-3-7-18(8-13(15,16)17)12-10(9(2)19)5-4-6-11(12)14/h4-6,9,19H,3,7-8H2,1-2H3/t9-/m0/s1. The van der Waals surface area contributed by atoms with Gasteiger partial charge in [-0.3, -0.25) is 0 Å². The maximum atomic E-state index is 13.8. The molecule has 0 radical (unpaired) electrons. The fraction of sp³-hybridized carbons (Fsp3) is 0.538. The van der Waals surface area contributed by atoms with Crippen LogP contribution in [0.25, 0.3) is 0 Å². The van der Waals surface area contributed by atoms with Crippen LogP contribution >= 0.6 is 0 Å². The van der Waals surface area contributed by atoms with Crippen LogP contribution in [0.1, 0.15) is 31.9 Å². The number of aliphatic hydroxyl groups is 1. The highest BCUT2D eigenvalue weighted by Crippen LogP contribution is 2.31. The average Bonchev–Trinajstić information content (AvgIpc) is 2.26. The number of para-hydroxylation sites is 1. The number of halogens is 4. The van der Waals surface area contributed by atoms with Crippen molar-refractivity contribution in [3.63, 3.8) is 0 Å². The molecule has 0 bridgehead atoms. The molecule has 0 heterocycles. The first-order chi connectivity index (χ1) is 8.76. The molecule has 1 atom stereocenters. The first-order valence-electron chi connectivity index (χ1n) is 6.04. The minimum atomic E-state index is -4.42. The molecule has 0 spiro atoms. The van der Waals surface area contributed by atoms with Gasteiger partial charge in [0, 0.05) is 12.1 Å². The molecule has 0 aliphatic rings. The number of alkyl halides is 3. The summed E-state index contributed by atoms with van der Waals surface area (Å²) in [4.78, 5) is 0.928. The molecule has 0 aliphatic heterocycles. The smallest absolute Gasteiger partial charge is 0.389 e. The van der Waals surface area contributed by atoms with Gasteiger partial charge in [-0.2, -0.15) is 13.2 Å². The molecule has 0 amide bonds. The number of hydrogen-bond acceptors (Lipinski definition) is 2. The minimum absolute atomic E-state index is 0.0696. The van der Waals surface area contributed by atoms with Crippen molar-refractivity contribution in [1.29, 1.82) is 0 Å². The number of rotatable bonds is 5. The van der Waals surface area contributed by atoms with Crippen molar-refractivity contribution in [2.24, 2.45) is 0 Å². The first-order valence-corrected chi connectivity index (χ1v) is 6.04. The summed E-state index contributed by atoms with van der Waals surface area (Å²) in [5, 5.41) is 9.57. The van der Waals surface area contributed by atoms with E-state index >= 15 is 0 Å². The van der Waals surface area contributed by atoms with Crippen LogP contribution in [0.3, 0.4) is 0 Å². The van der Waals surface area contributed by atoms with E-state index in [1.54, 1.807) is 6.92 Å². The van der Waals surface area contributed by atoms with Gasteiger partial charge in [-0.05, 0) is 19.4 Å². The van der Waals surface area contributed by atoms with Gasteiger partial charge in [0.05, 0.1) is 11.8 Å². The van der Waals surface area contributed by atoms with Crippen molar-refractivity contribution < 1.29 is 22.7 Å². The van der Waals surface area contributed by atoms with Crippen molar-refractivity contribution >= 4 is 5.69 Å². The second kappa shape index (κ2) is 6.23. The highest BCUT2D eigenvalue weighted by molar-refractivity contribution is 5.56. The van der Waals surface area contributed by atoms with Gasteiger partial charge in [0.15, 0.2) is 0 Å². The largest absolute Gasteiger partial charge is 0.405 e. The van der Waals surface area contributed by atoms with E-state index in [0.717, 1.165) is 11.0 Å². The van der Waals surface area contributed by atoms with Crippen LogP contribution in [0.15, 0.2) is 18.2 Å². The van der Waals surface area contributed by atoms with Gasteiger partial charge in [0.25, 0.3) is 0 Å². The van der Waals surface area contributed by atoms with E-state index in [9.17, 15) is 22.7 Å². The Balaban J connectivity index is 3.21. The molecule has 1 rings (SSSR count). The van der Waals surface area contributed by atoms with Crippen LogP contribution < -0.4 is 4.90 Å². The Bertz CT molecular complexity index is 418. The summed E-state index contributed by atoms with van der Waals surface area (Å²) < 4.78 is 51.5. The Kier molecular flexibility index (Phi) is 5.17. The third-order valence-corrected chi connectivity index (χ3v) is 2.65. The molecule has 19 heavy (non-hydrogen) atoms. The zero-order valence-electron chi connectivity index (χ0n) is 10.8. The lowest BCUT2D eigenvalue weighted by atomic mass is 10.1. The minimum Gasteiger partial charge on any atom is -0.389 e. The topological polar surface area (TPSA) is 23.5 Å². The molecule has 1 aromatic carbocycles. The summed E-state index contributed by atoms with van der Waals surface area (Å²) >= 11 is 0. The van der Waals surface area contributed by atoms with Crippen molar-refractivity contribution in [2.45, 2.75) is 32.5 Å². The number of nitrogens with zero attached hydrogens (tertiary/aromatic N) is 1. The zero-order valence-corrected chi connectivity index (χ0v) is 10.8. The third-order valence-electron chi connectivity index (χ3n) is 2.65. The lowest BCUT2D eigenvalue weighted by Crippen LogP contribution is -2.36. The normalized spacial score (nSPS) is 13.4. The Morgan fingerprint density at radius 2 is 1.95 bits per heavy atom. The van der Waals surface area contributed by atoms with Gasteiger partial charge in [0.2, 0.25) is 0 Å². The molecule has 0 unspecified atom stereocenters. The maximum absolute atomic E-state index is 13.8. The average molecular weight is 279 g/mol. The molecule has 0 aliphatic carbocycles. The van der Waals surface area contributed by atoms with Crippen LogP contribution in [-0.4, -0.2) is 24.4 Å². The van der Waals surface area contributed by atoms with Crippen LogP contribution in [-0.2, 0) is 0 Å². The summed E-state index contributed by atoms with van der Waals surface area (Å²) in [6, 6.07) is 3.90. The third kappa shape index (κ3) is 4.38. The summed E-state index contributed by atoms with van der Waals surface area (Å²) in [6.07, 6.45) is -5.00. The molecule has 108 valence electrons. The SMILES string of the molecule is CCCN(CC(F)(F)F)c1c(F)cccc1[C@H](C)O. The van der Waals surface area contributed by atoms with Gasteiger partial charge >= 0.3 is 6.18 Å². The number of benzene rings is 1. The molecule has 1 N–H and O–H groups in total. The molecule has 0 saturated heterocycles. The second-order valence-electron chi connectivity index (χ2n) is 4.39. The highest BCUT2D eigenvalue weighted by Gasteiger charge is 2.32. The number of aliphatic hydroxyl groups excluding tert-OH is 1. The van der Waals surface area contributed by atoms with Crippen molar-refractivity contribution in [3.05, 3.63) is 29.6 Å². The summed E-state index contributed by atoms with van der Waals surface area (Å²) in [5.41, 5.74) is -0.00521. The lowest BCUT2D eigenvalue weighted by Gasteiger charge is -2.28. The van der Waals surface area contributed by atoms with Crippen LogP contribution in [0.2, 0.25) is 0 Å². The van der Waals surface area contributed by atoms with Crippen LogP contribution in [0.5, 0.6) is 0 Å². The monoisotopic (exact) mass is 279 g/mol. The van der Waals surface area contributed by atoms with Crippen LogP contribution in [0, 0.1) is 5.82 Å². The van der Waals surface area contributed by atoms with E-state index in [1.807, 2.05) is 0 Å². The van der Waals surface area contributed by atoms with Crippen LogP contribution in [0.4, 0.5) is 23.2 Å². The molecule has 0 aromatic heterocycles.